The highest BCUT2D eigenvalue weighted by molar-refractivity contribution is 6.36. The summed E-state index contributed by atoms with van der Waals surface area (Å²) < 4.78 is 0. The number of rotatable bonds is 3. The standard InChI is InChI=1S/C16H18Cl2N2O/c1-16-7-3-2-4-12(16)14(16)15(21)20-19-9-10-5-6-11(17)8-13(10)18/h5-6,8-9,12,14H,2-4,7H2,1H3,(H,20,21)/t12-,14-,16+/m1/s1. The number of hydrogen-bond acceptors (Lipinski definition) is 2. The molecule has 5 heteroatoms. The molecule has 1 amide bonds. The summed E-state index contributed by atoms with van der Waals surface area (Å²) >= 11 is 11.9. The molecule has 0 spiro atoms. The highest BCUT2D eigenvalue weighted by atomic mass is 35.5. The predicted octanol–water partition coefficient (Wildman–Crippen LogP) is 4.27. The molecule has 2 fully saturated rings. The van der Waals surface area contributed by atoms with Gasteiger partial charge in [-0.3, -0.25) is 4.79 Å². The molecule has 1 N–H and O–H groups in total. The van der Waals surface area contributed by atoms with Gasteiger partial charge in [0.25, 0.3) is 0 Å². The van der Waals surface area contributed by atoms with Gasteiger partial charge in [0, 0.05) is 16.5 Å². The van der Waals surface area contributed by atoms with Crippen LogP contribution in [0.4, 0.5) is 0 Å². The lowest BCUT2D eigenvalue weighted by molar-refractivity contribution is -0.123. The quantitative estimate of drug-likeness (QED) is 0.654. The first kappa shape index (κ1) is 14.9. The Bertz CT molecular complexity index is 602. The van der Waals surface area contributed by atoms with Crippen LogP contribution < -0.4 is 5.43 Å². The highest BCUT2D eigenvalue weighted by Crippen LogP contribution is 2.66. The van der Waals surface area contributed by atoms with E-state index < -0.39 is 0 Å². The maximum Gasteiger partial charge on any atom is 0.244 e. The molecule has 2 aliphatic carbocycles. The first-order valence-electron chi connectivity index (χ1n) is 7.30. The van der Waals surface area contributed by atoms with Crippen LogP contribution in [0.15, 0.2) is 23.3 Å². The first-order valence-corrected chi connectivity index (χ1v) is 8.06. The van der Waals surface area contributed by atoms with Crippen LogP contribution in [0.1, 0.15) is 38.2 Å². The Morgan fingerprint density at radius 1 is 1.43 bits per heavy atom. The lowest BCUT2D eigenvalue weighted by atomic mass is 9.90. The molecule has 0 aromatic heterocycles. The van der Waals surface area contributed by atoms with Crippen molar-refractivity contribution in [1.82, 2.24) is 5.43 Å². The summed E-state index contributed by atoms with van der Waals surface area (Å²) in [6.07, 6.45) is 6.36. The topological polar surface area (TPSA) is 41.5 Å². The minimum Gasteiger partial charge on any atom is -0.273 e. The summed E-state index contributed by atoms with van der Waals surface area (Å²) in [5, 5.41) is 5.13. The second-order valence-electron chi connectivity index (χ2n) is 6.24. The van der Waals surface area contributed by atoms with Crippen molar-refractivity contribution < 1.29 is 4.79 Å². The fourth-order valence-electron chi connectivity index (χ4n) is 3.69. The van der Waals surface area contributed by atoms with E-state index in [0.717, 1.165) is 12.0 Å². The van der Waals surface area contributed by atoms with Crippen LogP contribution in [0.2, 0.25) is 10.0 Å². The average molecular weight is 325 g/mol. The Balaban J connectivity index is 1.60. The molecule has 112 valence electrons. The van der Waals surface area contributed by atoms with Gasteiger partial charge in [0.1, 0.15) is 0 Å². The van der Waals surface area contributed by atoms with Gasteiger partial charge in [-0.05, 0) is 36.3 Å². The first-order chi connectivity index (χ1) is 10.0. The van der Waals surface area contributed by atoms with E-state index in [9.17, 15) is 4.79 Å². The fourth-order valence-corrected chi connectivity index (χ4v) is 4.15. The van der Waals surface area contributed by atoms with Gasteiger partial charge >= 0.3 is 0 Å². The van der Waals surface area contributed by atoms with Crippen molar-refractivity contribution in [3.63, 3.8) is 0 Å². The molecule has 0 bridgehead atoms. The number of halogens is 2. The van der Waals surface area contributed by atoms with E-state index in [4.69, 9.17) is 23.2 Å². The monoisotopic (exact) mass is 324 g/mol. The van der Waals surface area contributed by atoms with Crippen LogP contribution in [0, 0.1) is 17.3 Å². The van der Waals surface area contributed by atoms with Crippen LogP contribution in [-0.4, -0.2) is 12.1 Å². The third-order valence-corrected chi connectivity index (χ3v) is 5.52. The summed E-state index contributed by atoms with van der Waals surface area (Å²) in [5.41, 5.74) is 3.60. The molecular weight excluding hydrogens is 307 g/mol. The molecule has 0 heterocycles. The molecular formula is C16H18Cl2N2O. The summed E-state index contributed by atoms with van der Waals surface area (Å²) in [4.78, 5) is 12.2. The average Bonchev–Trinajstić information content (AvgIpc) is 3.07. The number of carbonyl (C=O) groups excluding carboxylic acids is 1. The van der Waals surface area contributed by atoms with Crippen molar-refractivity contribution in [2.24, 2.45) is 22.4 Å². The van der Waals surface area contributed by atoms with E-state index in [1.54, 1.807) is 24.4 Å². The number of benzene rings is 1. The molecule has 3 nitrogen and oxygen atoms in total. The summed E-state index contributed by atoms with van der Waals surface area (Å²) in [7, 11) is 0. The van der Waals surface area contributed by atoms with Gasteiger partial charge < -0.3 is 0 Å². The van der Waals surface area contributed by atoms with Crippen LogP contribution in [0.3, 0.4) is 0 Å². The zero-order chi connectivity index (χ0) is 15.0. The van der Waals surface area contributed by atoms with Crippen molar-refractivity contribution >= 4 is 35.3 Å². The van der Waals surface area contributed by atoms with E-state index in [1.165, 1.54) is 19.3 Å². The van der Waals surface area contributed by atoms with E-state index in [2.05, 4.69) is 17.5 Å². The Morgan fingerprint density at radius 3 is 2.90 bits per heavy atom. The molecule has 3 rings (SSSR count). The van der Waals surface area contributed by atoms with Gasteiger partial charge in [-0.1, -0.05) is 49.0 Å². The summed E-state index contributed by atoms with van der Waals surface area (Å²) in [6.45, 7) is 2.22. The molecule has 3 atom stereocenters. The van der Waals surface area contributed by atoms with E-state index in [1.807, 2.05) is 0 Å². The van der Waals surface area contributed by atoms with Gasteiger partial charge in [-0.25, -0.2) is 5.43 Å². The molecule has 0 unspecified atom stereocenters. The van der Waals surface area contributed by atoms with Crippen molar-refractivity contribution in [2.45, 2.75) is 32.6 Å². The predicted molar refractivity (Wildman–Crippen MR) is 85.8 cm³/mol. The van der Waals surface area contributed by atoms with Gasteiger partial charge in [0.05, 0.1) is 11.2 Å². The van der Waals surface area contributed by atoms with Crippen molar-refractivity contribution in [2.75, 3.05) is 0 Å². The Morgan fingerprint density at radius 2 is 2.24 bits per heavy atom. The molecule has 0 saturated heterocycles. The zero-order valence-electron chi connectivity index (χ0n) is 11.9. The fraction of sp³-hybridized carbons (Fsp3) is 0.500. The molecule has 2 aliphatic rings. The van der Waals surface area contributed by atoms with Gasteiger partial charge in [-0.2, -0.15) is 5.10 Å². The SMILES string of the molecule is C[C@]12CCCC[C@@H]1[C@@H]2C(=O)NN=Cc1ccc(Cl)cc1Cl. The van der Waals surface area contributed by atoms with Crippen LogP contribution >= 0.6 is 23.2 Å². The Labute approximate surface area is 134 Å². The minimum atomic E-state index is 0.0331. The van der Waals surface area contributed by atoms with E-state index in [0.29, 0.717) is 16.0 Å². The zero-order valence-corrected chi connectivity index (χ0v) is 13.4. The van der Waals surface area contributed by atoms with Gasteiger partial charge in [-0.15, -0.1) is 0 Å². The number of carbonyl (C=O) groups is 1. The number of fused-ring (bicyclic) bond motifs is 1. The van der Waals surface area contributed by atoms with Gasteiger partial charge in [0.2, 0.25) is 5.91 Å². The van der Waals surface area contributed by atoms with E-state index in [-0.39, 0.29) is 17.2 Å². The number of nitrogens with zero attached hydrogens (tertiary/aromatic N) is 1. The molecule has 2 saturated carbocycles. The lowest BCUT2D eigenvalue weighted by Gasteiger charge is -2.15. The third kappa shape index (κ3) is 2.82. The number of nitrogens with one attached hydrogen (secondary N) is 1. The largest absolute Gasteiger partial charge is 0.273 e. The molecule has 0 radical (unpaired) electrons. The van der Waals surface area contributed by atoms with Crippen LogP contribution in [0.25, 0.3) is 0 Å². The second-order valence-corrected chi connectivity index (χ2v) is 7.08. The highest BCUT2D eigenvalue weighted by Gasteiger charge is 2.64. The number of hydrazone groups is 1. The minimum absolute atomic E-state index is 0.0331. The lowest BCUT2D eigenvalue weighted by Crippen LogP contribution is -2.22. The van der Waals surface area contributed by atoms with Crippen molar-refractivity contribution in [3.8, 4) is 0 Å². The van der Waals surface area contributed by atoms with Crippen LogP contribution in [0.5, 0.6) is 0 Å². The summed E-state index contributed by atoms with van der Waals surface area (Å²) in [6, 6.07) is 5.18. The Kier molecular flexibility index (Phi) is 3.98. The Hall–Kier alpha value is -1.06. The van der Waals surface area contributed by atoms with Crippen LogP contribution in [-0.2, 0) is 4.79 Å². The normalized spacial score (nSPS) is 31.0. The summed E-state index contributed by atoms with van der Waals surface area (Å²) in [5.74, 6) is 0.698. The number of amides is 1. The molecule has 1 aromatic rings. The maximum absolute atomic E-state index is 12.2. The molecule has 21 heavy (non-hydrogen) atoms. The molecule has 1 aromatic carbocycles. The van der Waals surface area contributed by atoms with Crippen molar-refractivity contribution in [1.29, 1.82) is 0 Å². The maximum atomic E-state index is 12.2. The van der Waals surface area contributed by atoms with Gasteiger partial charge in [0.15, 0.2) is 0 Å². The van der Waals surface area contributed by atoms with Crippen molar-refractivity contribution in [3.05, 3.63) is 33.8 Å². The second kappa shape index (κ2) is 5.62. The smallest absolute Gasteiger partial charge is 0.244 e. The number of hydrogen-bond donors (Lipinski definition) is 1. The third-order valence-electron chi connectivity index (χ3n) is 4.95. The van der Waals surface area contributed by atoms with E-state index >= 15 is 0 Å². The molecule has 0 aliphatic heterocycles.